The van der Waals surface area contributed by atoms with Crippen molar-refractivity contribution >= 4 is 11.6 Å². The van der Waals surface area contributed by atoms with Gasteiger partial charge < -0.3 is 0 Å². The molecule has 98 valence electrons. The Morgan fingerprint density at radius 3 is 2.95 bits per heavy atom. The van der Waals surface area contributed by atoms with Crippen LogP contribution in [-0.4, -0.2) is 14.5 Å². The molecule has 2 aromatic heterocycles. The van der Waals surface area contributed by atoms with E-state index in [4.69, 9.17) is 11.6 Å². The van der Waals surface area contributed by atoms with Gasteiger partial charge in [-0.25, -0.2) is 4.98 Å². The van der Waals surface area contributed by atoms with Crippen LogP contribution in [0.4, 0.5) is 0 Å². The molecule has 1 saturated carbocycles. The van der Waals surface area contributed by atoms with Crippen molar-refractivity contribution in [3.05, 3.63) is 57.0 Å². The minimum Gasteiger partial charge on any atom is -0.290 e. The van der Waals surface area contributed by atoms with Crippen LogP contribution >= 0.6 is 11.6 Å². The van der Waals surface area contributed by atoms with Crippen molar-refractivity contribution in [2.75, 3.05) is 0 Å². The fraction of sp³-hybridized carbons (Fsp3) is 0.357. The van der Waals surface area contributed by atoms with Gasteiger partial charge in [0.25, 0.3) is 5.56 Å². The van der Waals surface area contributed by atoms with Crippen molar-refractivity contribution in [3.8, 4) is 0 Å². The van der Waals surface area contributed by atoms with E-state index in [1.165, 1.54) is 6.07 Å². The maximum absolute atomic E-state index is 12.1. The Morgan fingerprint density at radius 1 is 1.47 bits per heavy atom. The summed E-state index contributed by atoms with van der Waals surface area (Å²) in [5, 5.41) is 0.279. The summed E-state index contributed by atoms with van der Waals surface area (Å²) in [5.74, 6) is 1.16. The van der Waals surface area contributed by atoms with Gasteiger partial charge in [0.05, 0.1) is 12.2 Å². The van der Waals surface area contributed by atoms with E-state index in [-0.39, 0.29) is 10.7 Å². The van der Waals surface area contributed by atoms with Gasteiger partial charge in [-0.2, -0.15) is 0 Å². The zero-order valence-electron chi connectivity index (χ0n) is 10.6. The molecule has 0 bridgehead atoms. The molecule has 0 atom stereocenters. The molecule has 0 spiro atoms. The molecule has 0 aromatic carbocycles. The van der Waals surface area contributed by atoms with E-state index in [0.717, 1.165) is 29.9 Å². The molecule has 0 unspecified atom stereocenters. The second-order valence-corrected chi connectivity index (χ2v) is 5.29. The molecule has 0 amide bonds. The summed E-state index contributed by atoms with van der Waals surface area (Å²) < 4.78 is 1.69. The van der Waals surface area contributed by atoms with Gasteiger partial charge in [0.1, 0.15) is 11.0 Å². The molecular weight excluding hydrogens is 262 g/mol. The lowest BCUT2D eigenvalue weighted by Gasteiger charge is -2.12. The molecule has 3 rings (SSSR count). The smallest absolute Gasteiger partial charge is 0.255 e. The molecule has 2 aromatic rings. The van der Waals surface area contributed by atoms with Crippen molar-refractivity contribution in [1.82, 2.24) is 14.5 Å². The fourth-order valence-corrected chi connectivity index (χ4v) is 2.32. The highest BCUT2D eigenvalue weighted by atomic mass is 35.5. The van der Waals surface area contributed by atoms with Gasteiger partial charge in [-0.15, -0.1) is 0 Å². The first kappa shape index (κ1) is 12.4. The van der Waals surface area contributed by atoms with Crippen molar-refractivity contribution in [2.24, 2.45) is 0 Å². The van der Waals surface area contributed by atoms with Crippen LogP contribution in [0, 0.1) is 6.92 Å². The van der Waals surface area contributed by atoms with Crippen LogP contribution in [0.5, 0.6) is 0 Å². The number of rotatable bonds is 3. The predicted octanol–water partition coefficient (Wildman–Crippen LogP) is 2.53. The maximum Gasteiger partial charge on any atom is 0.255 e. The highest BCUT2D eigenvalue weighted by molar-refractivity contribution is 6.29. The highest BCUT2D eigenvalue weighted by Gasteiger charge is 2.29. The SMILES string of the molecule is Cc1cccnc1Cn1c(C2CC2)nc(Cl)cc1=O. The molecule has 19 heavy (non-hydrogen) atoms. The first-order valence-electron chi connectivity index (χ1n) is 6.33. The predicted molar refractivity (Wildman–Crippen MR) is 73.6 cm³/mol. The molecular formula is C14H14ClN3O. The Bertz CT molecular complexity index is 677. The Kier molecular flexibility index (Phi) is 3.11. The summed E-state index contributed by atoms with van der Waals surface area (Å²) in [4.78, 5) is 20.8. The summed E-state index contributed by atoms with van der Waals surface area (Å²) in [5.41, 5.74) is 1.87. The standard InChI is InChI=1S/C14H14ClN3O/c1-9-3-2-6-16-11(9)8-18-13(19)7-12(15)17-14(18)10-4-5-10/h2-3,6-7,10H,4-5,8H2,1H3. The summed E-state index contributed by atoms with van der Waals surface area (Å²) in [7, 11) is 0. The van der Waals surface area contributed by atoms with Gasteiger partial charge in [-0.05, 0) is 31.4 Å². The minimum atomic E-state index is -0.105. The molecule has 0 N–H and O–H groups in total. The largest absolute Gasteiger partial charge is 0.290 e. The number of pyridine rings is 1. The van der Waals surface area contributed by atoms with Crippen LogP contribution in [0.25, 0.3) is 0 Å². The van der Waals surface area contributed by atoms with Gasteiger partial charge in [-0.3, -0.25) is 14.3 Å². The average molecular weight is 276 g/mol. The van der Waals surface area contributed by atoms with E-state index in [9.17, 15) is 4.79 Å². The van der Waals surface area contributed by atoms with Gasteiger partial charge in [0.2, 0.25) is 0 Å². The van der Waals surface area contributed by atoms with Crippen LogP contribution < -0.4 is 5.56 Å². The lowest BCUT2D eigenvalue weighted by atomic mass is 10.2. The topological polar surface area (TPSA) is 47.8 Å². The normalized spacial score (nSPS) is 14.6. The van der Waals surface area contributed by atoms with Crippen molar-refractivity contribution < 1.29 is 0 Å². The molecule has 4 nitrogen and oxygen atoms in total. The van der Waals surface area contributed by atoms with E-state index in [1.54, 1.807) is 10.8 Å². The lowest BCUT2D eigenvalue weighted by molar-refractivity contribution is 0.655. The van der Waals surface area contributed by atoms with Crippen molar-refractivity contribution in [1.29, 1.82) is 0 Å². The molecule has 1 aliphatic carbocycles. The van der Waals surface area contributed by atoms with Gasteiger partial charge >= 0.3 is 0 Å². The van der Waals surface area contributed by atoms with E-state index in [2.05, 4.69) is 9.97 Å². The summed E-state index contributed by atoms with van der Waals surface area (Å²) in [6.07, 6.45) is 3.90. The van der Waals surface area contributed by atoms with Gasteiger partial charge in [0.15, 0.2) is 0 Å². The van der Waals surface area contributed by atoms with Gasteiger partial charge in [-0.1, -0.05) is 17.7 Å². The number of hydrogen-bond acceptors (Lipinski definition) is 3. The van der Waals surface area contributed by atoms with Crippen LogP contribution in [0.3, 0.4) is 0 Å². The molecule has 1 aliphatic rings. The number of nitrogens with zero attached hydrogens (tertiary/aromatic N) is 3. The van der Waals surface area contributed by atoms with Gasteiger partial charge in [0, 0.05) is 18.2 Å². The van der Waals surface area contributed by atoms with Crippen molar-refractivity contribution in [3.63, 3.8) is 0 Å². The lowest BCUT2D eigenvalue weighted by Crippen LogP contribution is -2.25. The number of aromatic nitrogens is 3. The maximum atomic E-state index is 12.1. The Morgan fingerprint density at radius 2 is 2.26 bits per heavy atom. The second kappa shape index (κ2) is 4.78. The molecule has 0 saturated heterocycles. The van der Waals surface area contributed by atoms with E-state index in [0.29, 0.717) is 12.5 Å². The summed E-state index contributed by atoms with van der Waals surface area (Å²) in [6.45, 7) is 2.45. The van der Waals surface area contributed by atoms with Crippen molar-refractivity contribution in [2.45, 2.75) is 32.2 Å². The van der Waals surface area contributed by atoms with Crippen LogP contribution in [0.15, 0.2) is 29.2 Å². The Hall–Kier alpha value is -1.68. The van der Waals surface area contributed by atoms with E-state index in [1.807, 2.05) is 19.1 Å². The van der Waals surface area contributed by atoms with Crippen LogP contribution in [-0.2, 0) is 6.54 Å². The fourth-order valence-electron chi connectivity index (χ4n) is 2.14. The zero-order valence-corrected chi connectivity index (χ0v) is 11.4. The average Bonchev–Trinajstić information content (AvgIpc) is 3.18. The Balaban J connectivity index is 2.05. The molecule has 0 aliphatic heterocycles. The second-order valence-electron chi connectivity index (χ2n) is 4.90. The summed E-state index contributed by atoms with van der Waals surface area (Å²) in [6, 6.07) is 5.25. The van der Waals surface area contributed by atoms with Crippen LogP contribution in [0.1, 0.15) is 35.8 Å². The third-order valence-electron chi connectivity index (χ3n) is 3.37. The quantitative estimate of drug-likeness (QED) is 0.809. The number of halogens is 1. The molecule has 2 heterocycles. The van der Waals surface area contributed by atoms with E-state index < -0.39 is 0 Å². The number of aryl methyl sites for hydroxylation is 1. The monoisotopic (exact) mass is 275 g/mol. The highest BCUT2D eigenvalue weighted by Crippen LogP contribution is 2.38. The first-order valence-corrected chi connectivity index (χ1v) is 6.70. The summed E-state index contributed by atoms with van der Waals surface area (Å²) >= 11 is 5.89. The number of hydrogen-bond donors (Lipinski definition) is 0. The first-order chi connectivity index (χ1) is 9.15. The third kappa shape index (κ3) is 2.54. The van der Waals surface area contributed by atoms with Crippen LogP contribution in [0.2, 0.25) is 5.15 Å². The Labute approximate surface area is 116 Å². The third-order valence-corrected chi connectivity index (χ3v) is 3.57. The minimum absolute atomic E-state index is 0.105. The zero-order chi connectivity index (χ0) is 13.4. The molecule has 5 heteroatoms. The molecule has 0 radical (unpaired) electrons. The van der Waals surface area contributed by atoms with E-state index >= 15 is 0 Å². The molecule has 1 fully saturated rings.